The average molecular weight is 181 g/mol. The molecule has 4 heteroatoms. The van der Waals surface area contributed by atoms with Crippen molar-refractivity contribution in [2.75, 3.05) is 19.7 Å². The molecular formula is C9H15N3O. The molecule has 0 amide bonds. The summed E-state index contributed by atoms with van der Waals surface area (Å²) in [6.07, 6.45) is 1.97. The summed E-state index contributed by atoms with van der Waals surface area (Å²) in [5, 5.41) is 3.26. The third kappa shape index (κ3) is 1.91. The minimum atomic E-state index is -0.0530. The minimum Gasteiger partial charge on any atom is -0.374 e. The van der Waals surface area contributed by atoms with Gasteiger partial charge in [-0.15, -0.1) is 0 Å². The van der Waals surface area contributed by atoms with Gasteiger partial charge in [-0.05, 0) is 12.1 Å². The fourth-order valence-electron chi connectivity index (χ4n) is 1.57. The lowest BCUT2D eigenvalue weighted by atomic mass is 10.1. The third-order valence-corrected chi connectivity index (χ3v) is 2.34. The van der Waals surface area contributed by atoms with E-state index in [-0.39, 0.29) is 12.1 Å². The molecule has 2 unspecified atom stereocenters. The number of hydrogen-bond donors (Lipinski definition) is 3. The molecule has 1 aromatic heterocycles. The average Bonchev–Trinajstić information content (AvgIpc) is 2.71. The van der Waals surface area contributed by atoms with Crippen molar-refractivity contribution in [1.82, 2.24) is 10.3 Å². The number of morpholine rings is 1. The summed E-state index contributed by atoms with van der Waals surface area (Å²) in [7, 11) is 0. The highest BCUT2D eigenvalue weighted by atomic mass is 16.5. The molecule has 1 aliphatic heterocycles. The van der Waals surface area contributed by atoms with E-state index < -0.39 is 0 Å². The van der Waals surface area contributed by atoms with Crippen LogP contribution in [0.15, 0.2) is 18.3 Å². The molecule has 0 radical (unpaired) electrons. The van der Waals surface area contributed by atoms with Crippen LogP contribution in [0.25, 0.3) is 0 Å². The summed E-state index contributed by atoms with van der Waals surface area (Å²) in [5.41, 5.74) is 7.05. The molecule has 4 N–H and O–H groups in total. The quantitative estimate of drug-likeness (QED) is 0.602. The van der Waals surface area contributed by atoms with Gasteiger partial charge in [0.15, 0.2) is 0 Å². The first kappa shape index (κ1) is 8.74. The molecule has 0 saturated carbocycles. The molecule has 1 aliphatic rings. The van der Waals surface area contributed by atoms with Crippen molar-refractivity contribution in [3.05, 3.63) is 24.0 Å². The molecule has 0 aromatic carbocycles. The highest BCUT2D eigenvalue weighted by molar-refractivity contribution is 5.10. The predicted molar refractivity (Wildman–Crippen MR) is 50.3 cm³/mol. The first-order valence-corrected chi connectivity index (χ1v) is 4.59. The van der Waals surface area contributed by atoms with Crippen LogP contribution in [0, 0.1) is 0 Å². The molecule has 13 heavy (non-hydrogen) atoms. The van der Waals surface area contributed by atoms with Gasteiger partial charge in [0.2, 0.25) is 0 Å². The summed E-state index contributed by atoms with van der Waals surface area (Å²) in [6.45, 7) is 2.51. The molecule has 0 aliphatic carbocycles. The fourth-order valence-corrected chi connectivity index (χ4v) is 1.57. The van der Waals surface area contributed by atoms with Crippen molar-refractivity contribution in [2.24, 2.45) is 5.73 Å². The van der Waals surface area contributed by atoms with Crippen molar-refractivity contribution in [1.29, 1.82) is 0 Å². The Balaban J connectivity index is 1.99. The van der Waals surface area contributed by atoms with Crippen molar-refractivity contribution in [3.63, 3.8) is 0 Å². The Kier molecular flexibility index (Phi) is 2.63. The van der Waals surface area contributed by atoms with Crippen molar-refractivity contribution in [2.45, 2.75) is 12.1 Å². The summed E-state index contributed by atoms with van der Waals surface area (Å²) < 4.78 is 5.56. The summed E-state index contributed by atoms with van der Waals surface area (Å²) >= 11 is 0. The number of H-pyrrole nitrogens is 1. The van der Waals surface area contributed by atoms with Crippen LogP contribution in [0.2, 0.25) is 0 Å². The number of rotatable bonds is 2. The molecule has 2 rings (SSSR count). The number of nitrogens with two attached hydrogens (primary N) is 1. The van der Waals surface area contributed by atoms with Gasteiger partial charge in [-0.2, -0.15) is 0 Å². The Hall–Kier alpha value is -0.840. The van der Waals surface area contributed by atoms with Gasteiger partial charge in [-0.3, -0.25) is 0 Å². The van der Waals surface area contributed by atoms with E-state index in [1.807, 2.05) is 18.3 Å². The highest BCUT2D eigenvalue weighted by Gasteiger charge is 2.22. The maximum atomic E-state index is 6.02. The zero-order valence-electron chi connectivity index (χ0n) is 7.49. The number of ether oxygens (including phenoxy) is 1. The lowest BCUT2D eigenvalue weighted by Crippen LogP contribution is -2.44. The van der Waals surface area contributed by atoms with Crippen LogP contribution in [0.5, 0.6) is 0 Å². The van der Waals surface area contributed by atoms with Crippen molar-refractivity contribution in [3.8, 4) is 0 Å². The third-order valence-electron chi connectivity index (χ3n) is 2.34. The topological polar surface area (TPSA) is 63.1 Å². The maximum Gasteiger partial charge on any atom is 0.0906 e. The van der Waals surface area contributed by atoms with Crippen LogP contribution in [0.4, 0.5) is 0 Å². The zero-order valence-corrected chi connectivity index (χ0v) is 7.49. The normalized spacial score (nSPS) is 25.8. The van der Waals surface area contributed by atoms with Gasteiger partial charge in [-0.25, -0.2) is 0 Å². The molecule has 4 nitrogen and oxygen atoms in total. The molecular weight excluding hydrogens is 166 g/mol. The van der Waals surface area contributed by atoms with Gasteiger partial charge in [-0.1, -0.05) is 0 Å². The van der Waals surface area contributed by atoms with Gasteiger partial charge in [0, 0.05) is 25.0 Å². The maximum absolute atomic E-state index is 6.02. The SMILES string of the molecule is NC(c1ccc[nH]1)C1CNCCO1. The van der Waals surface area contributed by atoms with E-state index in [1.54, 1.807) is 0 Å². The van der Waals surface area contributed by atoms with Crippen molar-refractivity contribution >= 4 is 0 Å². The predicted octanol–water partition coefficient (Wildman–Crippen LogP) is 0.00290. The molecule has 1 saturated heterocycles. The Labute approximate surface area is 77.5 Å². The largest absolute Gasteiger partial charge is 0.374 e. The number of hydrogen-bond acceptors (Lipinski definition) is 3. The van der Waals surface area contributed by atoms with E-state index in [0.29, 0.717) is 0 Å². The Bertz CT molecular complexity index is 241. The van der Waals surface area contributed by atoms with Crippen LogP contribution in [-0.4, -0.2) is 30.8 Å². The molecule has 0 spiro atoms. The molecule has 2 heterocycles. The second kappa shape index (κ2) is 3.91. The lowest BCUT2D eigenvalue weighted by molar-refractivity contribution is 0.0115. The van der Waals surface area contributed by atoms with E-state index in [2.05, 4.69) is 10.3 Å². The van der Waals surface area contributed by atoms with E-state index in [9.17, 15) is 0 Å². The van der Waals surface area contributed by atoms with Gasteiger partial charge >= 0.3 is 0 Å². The minimum absolute atomic E-state index is 0.0530. The monoisotopic (exact) mass is 181 g/mol. The number of aromatic amines is 1. The molecule has 1 aromatic rings. The molecule has 0 bridgehead atoms. The number of aromatic nitrogens is 1. The second-order valence-electron chi connectivity index (χ2n) is 3.26. The Morgan fingerprint density at radius 1 is 1.62 bits per heavy atom. The first-order chi connectivity index (χ1) is 6.38. The Morgan fingerprint density at radius 3 is 3.15 bits per heavy atom. The lowest BCUT2D eigenvalue weighted by Gasteiger charge is -2.28. The van der Waals surface area contributed by atoms with Gasteiger partial charge in [0.05, 0.1) is 18.8 Å². The van der Waals surface area contributed by atoms with E-state index in [4.69, 9.17) is 10.5 Å². The summed E-state index contributed by atoms with van der Waals surface area (Å²) in [4.78, 5) is 3.10. The molecule has 2 atom stereocenters. The van der Waals surface area contributed by atoms with Crippen LogP contribution < -0.4 is 11.1 Å². The smallest absolute Gasteiger partial charge is 0.0906 e. The van der Waals surface area contributed by atoms with Crippen LogP contribution in [-0.2, 0) is 4.74 Å². The zero-order chi connectivity index (χ0) is 9.10. The summed E-state index contributed by atoms with van der Waals surface area (Å²) in [6, 6.07) is 3.89. The summed E-state index contributed by atoms with van der Waals surface area (Å²) in [5.74, 6) is 0. The van der Waals surface area contributed by atoms with Gasteiger partial charge in [0.25, 0.3) is 0 Å². The van der Waals surface area contributed by atoms with Crippen LogP contribution in [0.1, 0.15) is 11.7 Å². The van der Waals surface area contributed by atoms with Gasteiger partial charge in [0.1, 0.15) is 0 Å². The fraction of sp³-hybridized carbons (Fsp3) is 0.556. The van der Waals surface area contributed by atoms with Gasteiger partial charge < -0.3 is 20.8 Å². The first-order valence-electron chi connectivity index (χ1n) is 4.59. The standard InChI is InChI=1S/C9H15N3O/c10-9(7-2-1-3-12-7)8-6-11-4-5-13-8/h1-3,8-9,11-12H,4-6,10H2. The highest BCUT2D eigenvalue weighted by Crippen LogP contribution is 2.15. The van der Waals surface area contributed by atoms with Crippen LogP contribution >= 0.6 is 0 Å². The molecule has 72 valence electrons. The van der Waals surface area contributed by atoms with Crippen LogP contribution in [0.3, 0.4) is 0 Å². The molecule has 1 fully saturated rings. The van der Waals surface area contributed by atoms with E-state index >= 15 is 0 Å². The number of nitrogens with one attached hydrogen (secondary N) is 2. The second-order valence-corrected chi connectivity index (χ2v) is 3.26. The van der Waals surface area contributed by atoms with Crippen molar-refractivity contribution < 1.29 is 4.74 Å². The Morgan fingerprint density at radius 2 is 2.54 bits per heavy atom. The van der Waals surface area contributed by atoms with E-state index in [0.717, 1.165) is 25.4 Å². The van der Waals surface area contributed by atoms with E-state index in [1.165, 1.54) is 0 Å².